The molecule has 66 valence electrons. The molecule has 1 rings (SSSR count). The highest BCUT2D eigenvalue weighted by Gasteiger charge is 2.56. The van der Waals surface area contributed by atoms with Gasteiger partial charge in [-0.3, -0.25) is 0 Å². The van der Waals surface area contributed by atoms with Crippen LogP contribution >= 0.6 is 0 Å². The first-order valence-electron chi connectivity index (χ1n) is 3.40. The molecule has 1 aliphatic rings. The molecule has 0 bridgehead atoms. The summed E-state index contributed by atoms with van der Waals surface area (Å²) in [6.07, 6.45) is -4.91. The van der Waals surface area contributed by atoms with Crippen molar-refractivity contribution in [1.29, 1.82) is 0 Å². The lowest BCUT2D eigenvalue weighted by molar-refractivity contribution is -0.257. The average Bonchev–Trinajstić information content (AvgIpc) is 2.10. The Hall–Kier alpha value is -0.290. The number of hydrogen-bond donors (Lipinski definition) is 2. The highest BCUT2D eigenvalue weighted by Crippen LogP contribution is 2.42. The van der Waals surface area contributed by atoms with E-state index in [0.29, 0.717) is 0 Å². The van der Waals surface area contributed by atoms with Crippen LogP contribution in [0.5, 0.6) is 0 Å². The highest BCUT2D eigenvalue weighted by atomic mass is 19.4. The lowest BCUT2D eigenvalue weighted by atomic mass is 10.0. The van der Waals surface area contributed by atoms with Crippen LogP contribution in [0.1, 0.15) is 19.3 Å². The second kappa shape index (κ2) is 2.35. The fourth-order valence-electron chi connectivity index (χ4n) is 1.32. The summed E-state index contributed by atoms with van der Waals surface area (Å²) >= 11 is 0. The summed E-state index contributed by atoms with van der Waals surface area (Å²) in [5, 5.41) is 8.99. The van der Waals surface area contributed by atoms with Gasteiger partial charge in [0.15, 0.2) is 5.60 Å². The summed E-state index contributed by atoms with van der Waals surface area (Å²) in [7, 11) is 0. The molecule has 0 aromatic rings. The first kappa shape index (κ1) is 8.80. The smallest absolute Gasteiger partial charge is 0.380 e. The molecular weight excluding hydrogens is 159 g/mol. The van der Waals surface area contributed by atoms with E-state index in [1.165, 1.54) is 0 Å². The summed E-state index contributed by atoms with van der Waals surface area (Å²) in [5.74, 6) is 0. The molecule has 0 heterocycles. The van der Waals surface area contributed by atoms with Crippen molar-refractivity contribution in [2.75, 3.05) is 0 Å². The minimum Gasteiger partial charge on any atom is -0.380 e. The first-order valence-corrected chi connectivity index (χ1v) is 3.40. The monoisotopic (exact) mass is 169 g/mol. The molecule has 0 amide bonds. The second-order valence-corrected chi connectivity index (χ2v) is 3.03. The van der Waals surface area contributed by atoms with Gasteiger partial charge in [0, 0.05) is 12.5 Å². The molecule has 0 aromatic carbocycles. The van der Waals surface area contributed by atoms with Crippen molar-refractivity contribution >= 4 is 0 Å². The van der Waals surface area contributed by atoms with Crippen molar-refractivity contribution in [2.24, 2.45) is 5.73 Å². The lowest BCUT2D eigenvalue weighted by Gasteiger charge is -2.25. The van der Waals surface area contributed by atoms with Gasteiger partial charge in [-0.25, -0.2) is 0 Å². The van der Waals surface area contributed by atoms with Crippen molar-refractivity contribution in [1.82, 2.24) is 0 Å². The van der Waals surface area contributed by atoms with Gasteiger partial charge in [-0.2, -0.15) is 13.2 Å². The fourth-order valence-corrected chi connectivity index (χ4v) is 1.32. The van der Waals surface area contributed by atoms with Crippen LogP contribution < -0.4 is 5.73 Å². The van der Waals surface area contributed by atoms with E-state index in [4.69, 9.17) is 10.8 Å². The minimum absolute atomic E-state index is 0.246. The summed E-state index contributed by atoms with van der Waals surface area (Å²) in [5.41, 5.74) is 2.73. The maximum absolute atomic E-state index is 12.0. The Morgan fingerprint density at radius 3 is 2.18 bits per heavy atom. The van der Waals surface area contributed by atoms with Gasteiger partial charge in [-0.05, 0) is 12.8 Å². The zero-order valence-electron chi connectivity index (χ0n) is 5.86. The Bertz CT molecular complexity index is 158. The van der Waals surface area contributed by atoms with Crippen LogP contribution in [0.3, 0.4) is 0 Å². The predicted molar refractivity (Wildman–Crippen MR) is 32.8 cm³/mol. The number of alkyl halides is 3. The van der Waals surface area contributed by atoms with E-state index < -0.39 is 17.8 Å². The number of rotatable bonds is 0. The van der Waals surface area contributed by atoms with Gasteiger partial charge in [-0.1, -0.05) is 0 Å². The Labute approximate surface area is 62.2 Å². The molecule has 11 heavy (non-hydrogen) atoms. The summed E-state index contributed by atoms with van der Waals surface area (Å²) in [6.45, 7) is 0. The molecule has 1 aliphatic carbocycles. The molecule has 1 fully saturated rings. The van der Waals surface area contributed by atoms with E-state index in [1.54, 1.807) is 0 Å². The third kappa shape index (κ3) is 1.49. The molecular formula is C6H10F3NO. The summed E-state index contributed by atoms with van der Waals surface area (Å²) in [6, 6.07) is -0.512. The van der Waals surface area contributed by atoms with Crippen LogP contribution in [0, 0.1) is 0 Å². The van der Waals surface area contributed by atoms with Crippen LogP contribution in [0.25, 0.3) is 0 Å². The molecule has 1 saturated carbocycles. The Morgan fingerprint density at radius 1 is 1.45 bits per heavy atom. The fraction of sp³-hybridized carbons (Fsp3) is 1.00. The largest absolute Gasteiger partial charge is 0.417 e. The number of aliphatic hydroxyl groups is 1. The van der Waals surface area contributed by atoms with Gasteiger partial charge < -0.3 is 10.8 Å². The number of halogens is 3. The first-order chi connectivity index (χ1) is 4.85. The molecule has 0 aliphatic heterocycles. The Balaban J connectivity index is 2.69. The zero-order valence-corrected chi connectivity index (χ0v) is 5.86. The maximum atomic E-state index is 12.0. The third-order valence-corrected chi connectivity index (χ3v) is 2.06. The molecule has 3 N–H and O–H groups in total. The molecule has 2 nitrogen and oxygen atoms in total. The molecule has 5 heteroatoms. The Morgan fingerprint density at radius 2 is 2.00 bits per heavy atom. The molecule has 0 aromatic heterocycles. The maximum Gasteiger partial charge on any atom is 0.417 e. The van der Waals surface area contributed by atoms with Gasteiger partial charge >= 0.3 is 6.18 Å². The van der Waals surface area contributed by atoms with E-state index in [0.717, 1.165) is 0 Å². The topological polar surface area (TPSA) is 46.2 Å². The number of nitrogens with two attached hydrogens (primary N) is 1. The molecule has 0 spiro atoms. The van der Waals surface area contributed by atoms with Crippen LogP contribution in [0.15, 0.2) is 0 Å². The quantitative estimate of drug-likeness (QED) is 0.563. The van der Waals surface area contributed by atoms with Crippen molar-refractivity contribution in [3.8, 4) is 0 Å². The van der Waals surface area contributed by atoms with Gasteiger partial charge in [0.1, 0.15) is 0 Å². The average molecular weight is 169 g/mol. The standard InChI is InChI=1S/C6H10F3NO/c7-6(8,9)5(11)2-1-4(10)3-5/h4,11H,1-3,10H2. The van der Waals surface area contributed by atoms with Crippen molar-refractivity contribution < 1.29 is 18.3 Å². The molecule has 0 radical (unpaired) electrons. The lowest BCUT2D eigenvalue weighted by Crippen LogP contribution is -2.43. The second-order valence-electron chi connectivity index (χ2n) is 3.03. The number of hydrogen-bond acceptors (Lipinski definition) is 2. The third-order valence-electron chi connectivity index (χ3n) is 2.06. The van der Waals surface area contributed by atoms with Crippen LogP contribution in [0.4, 0.5) is 13.2 Å². The van der Waals surface area contributed by atoms with Gasteiger partial charge in [0.05, 0.1) is 0 Å². The minimum atomic E-state index is -4.53. The van der Waals surface area contributed by atoms with E-state index in [1.807, 2.05) is 0 Å². The van der Waals surface area contributed by atoms with Gasteiger partial charge in [0.2, 0.25) is 0 Å². The van der Waals surface area contributed by atoms with E-state index in [2.05, 4.69) is 0 Å². The summed E-state index contributed by atoms with van der Waals surface area (Å²) in [4.78, 5) is 0. The SMILES string of the molecule is NC1CCC(O)(C(F)(F)F)C1. The van der Waals surface area contributed by atoms with Gasteiger partial charge in [0.25, 0.3) is 0 Å². The normalized spacial score (nSPS) is 39.5. The van der Waals surface area contributed by atoms with Gasteiger partial charge in [-0.15, -0.1) is 0 Å². The molecule has 0 saturated heterocycles. The van der Waals surface area contributed by atoms with E-state index in [9.17, 15) is 13.2 Å². The predicted octanol–water partition coefficient (Wildman–Crippen LogP) is 0.791. The van der Waals surface area contributed by atoms with Crippen molar-refractivity contribution in [3.05, 3.63) is 0 Å². The van der Waals surface area contributed by atoms with Crippen molar-refractivity contribution in [3.63, 3.8) is 0 Å². The highest BCUT2D eigenvalue weighted by molar-refractivity contribution is 4.96. The Kier molecular flexibility index (Phi) is 1.88. The molecule has 2 unspecified atom stereocenters. The van der Waals surface area contributed by atoms with Crippen LogP contribution in [-0.2, 0) is 0 Å². The van der Waals surface area contributed by atoms with E-state index >= 15 is 0 Å². The van der Waals surface area contributed by atoms with Crippen LogP contribution in [0.2, 0.25) is 0 Å². The zero-order chi connectivity index (χ0) is 8.70. The molecule has 2 atom stereocenters. The summed E-state index contributed by atoms with van der Waals surface area (Å²) < 4.78 is 36.0. The van der Waals surface area contributed by atoms with Crippen molar-refractivity contribution in [2.45, 2.75) is 37.1 Å². The van der Waals surface area contributed by atoms with E-state index in [-0.39, 0.29) is 19.3 Å². The van der Waals surface area contributed by atoms with Crippen LogP contribution in [-0.4, -0.2) is 22.9 Å².